The summed E-state index contributed by atoms with van der Waals surface area (Å²) in [6.07, 6.45) is 4.13. The molecule has 0 bridgehead atoms. The van der Waals surface area contributed by atoms with Crippen LogP contribution in [0.3, 0.4) is 0 Å². The van der Waals surface area contributed by atoms with Crippen molar-refractivity contribution in [3.05, 3.63) is 83.4 Å². The molecule has 1 amide bonds. The third-order valence-corrected chi connectivity index (χ3v) is 6.82. The molecule has 4 aromatic rings. The number of benzene rings is 3. The molecular weight excluding hydrogens is 440 g/mol. The third-order valence-electron chi connectivity index (χ3n) is 6.82. The van der Waals surface area contributed by atoms with E-state index in [1.165, 1.54) is 18.2 Å². The molecule has 6 heteroatoms. The molecule has 0 saturated heterocycles. The van der Waals surface area contributed by atoms with Crippen molar-refractivity contribution in [2.24, 2.45) is 5.73 Å². The Hall–Kier alpha value is -4.06. The summed E-state index contributed by atoms with van der Waals surface area (Å²) < 4.78 is 13.2. The molecule has 1 aliphatic rings. The van der Waals surface area contributed by atoms with Gasteiger partial charge in [0.15, 0.2) is 6.61 Å². The molecule has 0 atom stereocenters. The standard InChI is InChI=1S/C29H28N2O4/c1-18(29(30)33)21-13-8-14-23-26(21)27-24(35-17-25(32)34-2)15-20-11-6-7-12-22(20)28(27)31(23)16-19-9-4-3-5-10-19/h3-5,8-10,13-15H,1,6-7,11-12,16-17H2,2H3,(H2,30,33). The number of nitrogens with two attached hydrogens (primary N) is 1. The number of ether oxygens (including phenoxy) is 2. The van der Waals surface area contributed by atoms with Gasteiger partial charge in [0.25, 0.3) is 0 Å². The van der Waals surface area contributed by atoms with E-state index in [2.05, 4.69) is 35.4 Å². The lowest BCUT2D eigenvalue weighted by atomic mass is 9.88. The van der Waals surface area contributed by atoms with Gasteiger partial charge in [0.1, 0.15) is 5.75 Å². The molecule has 0 aliphatic heterocycles. The Labute approximate surface area is 203 Å². The Kier molecular flexibility index (Phi) is 6.03. The van der Waals surface area contributed by atoms with Gasteiger partial charge in [-0.15, -0.1) is 0 Å². The maximum atomic E-state index is 12.2. The lowest BCUT2D eigenvalue weighted by Crippen LogP contribution is -2.14. The van der Waals surface area contributed by atoms with Crippen LogP contribution in [0, 0.1) is 0 Å². The highest BCUT2D eigenvalue weighted by atomic mass is 16.6. The van der Waals surface area contributed by atoms with Crippen molar-refractivity contribution in [1.29, 1.82) is 0 Å². The average molecular weight is 469 g/mol. The number of aryl methyl sites for hydroxylation is 2. The highest BCUT2D eigenvalue weighted by Gasteiger charge is 2.26. The number of primary amides is 1. The molecule has 1 aromatic heterocycles. The van der Waals surface area contributed by atoms with Gasteiger partial charge in [0, 0.05) is 17.5 Å². The van der Waals surface area contributed by atoms with Gasteiger partial charge >= 0.3 is 5.97 Å². The largest absolute Gasteiger partial charge is 0.481 e. The molecule has 178 valence electrons. The zero-order chi connectivity index (χ0) is 24.5. The van der Waals surface area contributed by atoms with Crippen molar-refractivity contribution in [1.82, 2.24) is 4.57 Å². The molecule has 3 aromatic carbocycles. The first-order chi connectivity index (χ1) is 17.0. The number of rotatable bonds is 7. The van der Waals surface area contributed by atoms with Crippen molar-refractivity contribution >= 4 is 39.3 Å². The number of carbonyl (C=O) groups excluding carboxylic acids is 2. The van der Waals surface area contributed by atoms with Crippen LogP contribution in [0.15, 0.2) is 61.2 Å². The molecule has 1 aliphatic carbocycles. The summed E-state index contributed by atoms with van der Waals surface area (Å²) in [6.45, 7) is 4.43. The fourth-order valence-electron chi connectivity index (χ4n) is 5.17. The van der Waals surface area contributed by atoms with E-state index in [0.717, 1.165) is 53.1 Å². The first-order valence-electron chi connectivity index (χ1n) is 11.8. The molecule has 0 fully saturated rings. The number of nitrogens with zero attached hydrogens (tertiary/aromatic N) is 1. The van der Waals surface area contributed by atoms with Crippen molar-refractivity contribution < 1.29 is 19.1 Å². The van der Waals surface area contributed by atoms with Gasteiger partial charge in [-0.2, -0.15) is 0 Å². The summed E-state index contributed by atoms with van der Waals surface area (Å²) in [5.74, 6) is -0.422. The van der Waals surface area contributed by atoms with Gasteiger partial charge in [-0.1, -0.05) is 49.0 Å². The molecule has 2 N–H and O–H groups in total. The van der Waals surface area contributed by atoms with E-state index in [9.17, 15) is 9.59 Å². The second kappa shape index (κ2) is 9.29. The fraction of sp³-hybridized carbons (Fsp3) is 0.241. The molecule has 0 spiro atoms. The van der Waals surface area contributed by atoms with Gasteiger partial charge < -0.3 is 19.8 Å². The van der Waals surface area contributed by atoms with E-state index < -0.39 is 11.9 Å². The molecular formula is C29H28N2O4. The van der Waals surface area contributed by atoms with Gasteiger partial charge in [0.05, 0.1) is 23.5 Å². The Morgan fingerprint density at radius 3 is 2.54 bits per heavy atom. The van der Waals surface area contributed by atoms with Crippen molar-refractivity contribution in [3.63, 3.8) is 0 Å². The van der Waals surface area contributed by atoms with E-state index >= 15 is 0 Å². The van der Waals surface area contributed by atoms with Crippen LogP contribution in [0.4, 0.5) is 0 Å². The summed E-state index contributed by atoms with van der Waals surface area (Å²) in [6, 6.07) is 18.2. The zero-order valence-electron chi connectivity index (χ0n) is 19.8. The second-order valence-corrected chi connectivity index (χ2v) is 8.92. The Balaban J connectivity index is 1.88. The van der Waals surface area contributed by atoms with Crippen molar-refractivity contribution in [3.8, 4) is 5.75 Å². The first kappa shape index (κ1) is 22.7. The summed E-state index contributed by atoms with van der Waals surface area (Å²) in [7, 11) is 1.34. The summed E-state index contributed by atoms with van der Waals surface area (Å²) in [5, 5.41) is 1.73. The van der Waals surface area contributed by atoms with E-state index in [-0.39, 0.29) is 12.2 Å². The maximum Gasteiger partial charge on any atom is 0.343 e. The van der Waals surface area contributed by atoms with Gasteiger partial charge in [0.2, 0.25) is 5.91 Å². The number of amides is 1. The fourth-order valence-corrected chi connectivity index (χ4v) is 5.17. The Morgan fingerprint density at radius 1 is 1.03 bits per heavy atom. The first-order valence-corrected chi connectivity index (χ1v) is 11.8. The van der Waals surface area contributed by atoms with E-state index in [0.29, 0.717) is 17.9 Å². The number of aromatic nitrogens is 1. The normalized spacial score (nSPS) is 12.9. The minimum absolute atomic E-state index is 0.200. The van der Waals surface area contributed by atoms with Gasteiger partial charge in [-0.25, -0.2) is 4.79 Å². The van der Waals surface area contributed by atoms with E-state index in [1.54, 1.807) is 0 Å². The SMILES string of the molecule is C=C(C(N)=O)c1cccc2c1c1c(OCC(=O)OC)cc3c(c1n2Cc1ccccc1)CCCC3. The lowest BCUT2D eigenvalue weighted by Gasteiger charge is -2.21. The minimum atomic E-state index is -0.573. The van der Waals surface area contributed by atoms with Crippen molar-refractivity contribution in [2.75, 3.05) is 13.7 Å². The van der Waals surface area contributed by atoms with Crippen LogP contribution in [-0.2, 0) is 33.7 Å². The lowest BCUT2D eigenvalue weighted by molar-refractivity contribution is -0.142. The highest BCUT2D eigenvalue weighted by molar-refractivity contribution is 6.26. The van der Waals surface area contributed by atoms with Crippen LogP contribution < -0.4 is 10.5 Å². The van der Waals surface area contributed by atoms with Gasteiger partial charge in [-0.05, 0) is 60.1 Å². The zero-order valence-corrected chi connectivity index (χ0v) is 19.8. The molecule has 6 nitrogen and oxygen atoms in total. The number of esters is 1. The minimum Gasteiger partial charge on any atom is -0.481 e. The second-order valence-electron chi connectivity index (χ2n) is 8.92. The maximum absolute atomic E-state index is 12.2. The molecule has 35 heavy (non-hydrogen) atoms. The van der Waals surface area contributed by atoms with Crippen LogP contribution in [0.2, 0.25) is 0 Å². The predicted molar refractivity (Wildman–Crippen MR) is 137 cm³/mol. The Bertz CT molecular complexity index is 1470. The highest BCUT2D eigenvalue weighted by Crippen LogP contribution is 2.44. The number of hydrogen-bond donors (Lipinski definition) is 1. The Morgan fingerprint density at radius 2 is 1.80 bits per heavy atom. The quantitative estimate of drug-likeness (QED) is 0.313. The predicted octanol–water partition coefficient (Wildman–Crippen LogP) is 4.77. The number of carbonyl (C=O) groups is 2. The van der Waals surface area contributed by atoms with E-state index in [1.807, 2.05) is 30.3 Å². The molecule has 0 unspecified atom stereocenters. The van der Waals surface area contributed by atoms with Crippen LogP contribution >= 0.6 is 0 Å². The van der Waals surface area contributed by atoms with E-state index in [4.69, 9.17) is 15.2 Å². The summed E-state index contributed by atoms with van der Waals surface area (Å²) in [4.78, 5) is 24.1. The number of hydrogen-bond acceptors (Lipinski definition) is 4. The van der Waals surface area contributed by atoms with Crippen molar-refractivity contribution in [2.45, 2.75) is 32.2 Å². The van der Waals surface area contributed by atoms with Crippen LogP contribution in [0.25, 0.3) is 27.4 Å². The van der Waals surface area contributed by atoms with Crippen LogP contribution in [0.1, 0.15) is 35.1 Å². The van der Waals surface area contributed by atoms with Gasteiger partial charge in [-0.3, -0.25) is 4.79 Å². The molecule has 0 radical (unpaired) electrons. The molecule has 0 saturated carbocycles. The molecule has 1 heterocycles. The average Bonchev–Trinajstić information content (AvgIpc) is 3.22. The number of fused-ring (bicyclic) bond motifs is 5. The van der Waals surface area contributed by atoms with Crippen LogP contribution in [0.5, 0.6) is 5.75 Å². The third kappa shape index (κ3) is 4.05. The number of methoxy groups -OCH3 is 1. The smallest absolute Gasteiger partial charge is 0.343 e. The monoisotopic (exact) mass is 468 g/mol. The van der Waals surface area contributed by atoms with Crippen LogP contribution in [-0.4, -0.2) is 30.2 Å². The topological polar surface area (TPSA) is 83.6 Å². The molecule has 5 rings (SSSR count). The summed E-state index contributed by atoms with van der Waals surface area (Å²) in [5.41, 5.74) is 12.3. The summed E-state index contributed by atoms with van der Waals surface area (Å²) >= 11 is 0.